The van der Waals surface area contributed by atoms with Crippen LogP contribution in [0.5, 0.6) is 0 Å². The average molecular weight is 219 g/mol. The number of rotatable bonds is 2. The molecule has 2 rings (SSSR count). The van der Waals surface area contributed by atoms with Gasteiger partial charge in [-0.05, 0) is 43.9 Å². The van der Waals surface area contributed by atoms with Gasteiger partial charge in [0.25, 0.3) is 0 Å². The second-order valence-corrected chi connectivity index (χ2v) is 4.03. The number of hydrogen-bond acceptors (Lipinski definition) is 3. The van der Waals surface area contributed by atoms with Crippen molar-refractivity contribution in [2.45, 2.75) is 26.7 Å². The lowest BCUT2D eigenvalue weighted by Gasteiger charge is -2.21. The topological polar surface area (TPSA) is 38.3 Å². The van der Waals surface area contributed by atoms with Gasteiger partial charge in [0.1, 0.15) is 0 Å². The Hall–Kier alpha value is -1.51. The molecule has 0 radical (unpaired) electrons. The normalized spacial score (nSPS) is 13.9. The van der Waals surface area contributed by atoms with Crippen molar-refractivity contribution >= 4 is 11.7 Å². The van der Waals surface area contributed by atoms with Gasteiger partial charge < -0.3 is 10.1 Å². The highest BCUT2D eigenvalue weighted by Gasteiger charge is 2.20. The maximum atomic E-state index is 11.9. The van der Waals surface area contributed by atoms with E-state index in [9.17, 15) is 4.79 Å². The van der Waals surface area contributed by atoms with Crippen LogP contribution in [0.4, 0.5) is 5.69 Å². The molecule has 0 aliphatic carbocycles. The summed E-state index contributed by atoms with van der Waals surface area (Å²) in [5.74, 6) is -0.194. The Balaban J connectivity index is 2.45. The van der Waals surface area contributed by atoms with Crippen LogP contribution in [-0.4, -0.2) is 19.1 Å². The molecule has 0 fully saturated rings. The maximum Gasteiger partial charge on any atom is 0.338 e. The zero-order valence-corrected chi connectivity index (χ0v) is 9.80. The molecule has 86 valence electrons. The van der Waals surface area contributed by atoms with Gasteiger partial charge in [0.15, 0.2) is 0 Å². The van der Waals surface area contributed by atoms with E-state index in [1.54, 1.807) is 0 Å². The summed E-state index contributed by atoms with van der Waals surface area (Å²) >= 11 is 0. The molecule has 0 aromatic heterocycles. The summed E-state index contributed by atoms with van der Waals surface area (Å²) in [6, 6.07) is 4.02. The molecule has 0 amide bonds. The van der Waals surface area contributed by atoms with Crippen molar-refractivity contribution in [2.24, 2.45) is 0 Å². The van der Waals surface area contributed by atoms with Crippen molar-refractivity contribution in [3.63, 3.8) is 0 Å². The van der Waals surface area contributed by atoms with Crippen molar-refractivity contribution in [1.29, 1.82) is 0 Å². The van der Waals surface area contributed by atoms with Crippen LogP contribution in [0.1, 0.15) is 34.8 Å². The lowest BCUT2D eigenvalue weighted by molar-refractivity contribution is 0.0524. The summed E-state index contributed by atoms with van der Waals surface area (Å²) in [4.78, 5) is 11.9. The van der Waals surface area contributed by atoms with E-state index >= 15 is 0 Å². The van der Waals surface area contributed by atoms with Gasteiger partial charge in [0, 0.05) is 12.2 Å². The third kappa shape index (κ3) is 1.90. The molecule has 1 N–H and O–H groups in total. The van der Waals surface area contributed by atoms with E-state index in [4.69, 9.17) is 4.74 Å². The van der Waals surface area contributed by atoms with Crippen molar-refractivity contribution < 1.29 is 9.53 Å². The Morgan fingerprint density at radius 1 is 1.50 bits per heavy atom. The number of anilines is 1. The van der Waals surface area contributed by atoms with Crippen LogP contribution in [0, 0.1) is 6.92 Å². The SMILES string of the molecule is CCOC(=O)c1c(C)ccc2c1CCCN2. The summed E-state index contributed by atoms with van der Waals surface area (Å²) in [6.07, 6.45) is 2.03. The van der Waals surface area contributed by atoms with Gasteiger partial charge in [-0.25, -0.2) is 4.79 Å². The third-order valence-electron chi connectivity index (χ3n) is 2.92. The lowest BCUT2D eigenvalue weighted by Crippen LogP contribution is -2.18. The molecule has 1 aromatic rings. The molecule has 1 aliphatic heterocycles. The Bertz CT molecular complexity index is 413. The summed E-state index contributed by atoms with van der Waals surface area (Å²) in [5, 5.41) is 3.32. The van der Waals surface area contributed by atoms with Crippen LogP contribution >= 0.6 is 0 Å². The first kappa shape index (κ1) is 11.0. The Morgan fingerprint density at radius 3 is 3.06 bits per heavy atom. The van der Waals surface area contributed by atoms with Gasteiger partial charge in [-0.2, -0.15) is 0 Å². The van der Waals surface area contributed by atoms with E-state index in [1.807, 2.05) is 26.0 Å². The van der Waals surface area contributed by atoms with Crippen molar-refractivity contribution in [3.8, 4) is 0 Å². The number of ether oxygens (including phenoxy) is 1. The van der Waals surface area contributed by atoms with E-state index < -0.39 is 0 Å². The molecule has 0 bridgehead atoms. The molecule has 0 saturated heterocycles. The standard InChI is InChI=1S/C13H17NO2/c1-3-16-13(15)12-9(2)6-7-11-10(12)5-4-8-14-11/h6-7,14H,3-5,8H2,1-2H3. The Labute approximate surface area is 95.8 Å². The van der Waals surface area contributed by atoms with Gasteiger partial charge in [-0.15, -0.1) is 0 Å². The molecule has 1 heterocycles. The molecular weight excluding hydrogens is 202 g/mol. The fraction of sp³-hybridized carbons (Fsp3) is 0.462. The van der Waals surface area contributed by atoms with Crippen LogP contribution in [0.15, 0.2) is 12.1 Å². The number of carbonyl (C=O) groups is 1. The van der Waals surface area contributed by atoms with Gasteiger partial charge >= 0.3 is 5.97 Å². The first-order valence-electron chi connectivity index (χ1n) is 5.77. The molecule has 3 nitrogen and oxygen atoms in total. The van der Waals surface area contributed by atoms with Crippen molar-refractivity contribution in [2.75, 3.05) is 18.5 Å². The van der Waals surface area contributed by atoms with Gasteiger partial charge in [-0.3, -0.25) is 0 Å². The molecular formula is C13H17NO2. The summed E-state index contributed by atoms with van der Waals surface area (Å²) in [5.41, 5.74) is 3.96. The monoisotopic (exact) mass is 219 g/mol. The number of nitrogens with one attached hydrogen (secondary N) is 1. The first-order valence-corrected chi connectivity index (χ1v) is 5.77. The van der Waals surface area contributed by atoms with Gasteiger partial charge in [0.2, 0.25) is 0 Å². The van der Waals surface area contributed by atoms with Crippen LogP contribution in [-0.2, 0) is 11.2 Å². The Kier molecular flexibility index (Phi) is 3.13. The molecule has 16 heavy (non-hydrogen) atoms. The number of carbonyl (C=O) groups excluding carboxylic acids is 1. The predicted octanol–water partition coefficient (Wildman–Crippen LogP) is 2.53. The molecule has 0 saturated carbocycles. The maximum absolute atomic E-state index is 11.9. The minimum Gasteiger partial charge on any atom is -0.462 e. The van der Waals surface area contributed by atoms with Crippen molar-refractivity contribution in [3.05, 3.63) is 28.8 Å². The number of hydrogen-bond donors (Lipinski definition) is 1. The van der Waals surface area contributed by atoms with Crippen LogP contribution in [0.2, 0.25) is 0 Å². The molecule has 0 spiro atoms. The molecule has 3 heteroatoms. The van der Waals surface area contributed by atoms with E-state index in [2.05, 4.69) is 5.32 Å². The van der Waals surface area contributed by atoms with Gasteiger partial charge in [-0.1, -0.05) is 6.07 Å². The average Bonchev–Trinajstić information content (AvgIpc) is 2.29. The number of benzene rings is 1. The summed E-state index contributed by atoms with van der Waals surface area (Å²) in [6.45, 7) is 5.20. The highest BCUT2D eigenvalue weighted by atomic mass is 16.5. The van der Waals surface area contributed by atoms with Crippen molar-refractivity contribution in [1.82, 2.24) is 0 Å². The molecule has 1 aromatic carbocycles. The minimum absolute atomic E-state index is 0.194. The fourth-order valence-corrected chi connectivity index (χ4v) is 2.17. The van der Waals surface area contributed by atoms with Crippen LogP contribution in [0.25, 0.3) is 0 Å². The third-order valence-corrected chi connectivity index (χ3v) is 2.92. The Morgan fingerprint density at radius 2 is 2.31 bits per heavy atom. The zero-order chi connectivity index (χ0) is 11.5. The fourth-order valence-electron chi connectivity index (χ4n) is 2.17. The smallest absolute Gasteiger partial charge is 0.338 e. The second-order valence-electron chi connectivity index (χ2n) is 4.03. The van der Waals surface area contributed by atoms with Crippen LogP contribution in [0.3, 0.4) is 0 Å². The number of aryl methyl sites for hydroxylation is 1. The van der Waals surface area contributed by atoms with E-state index in [1.165, 1.54) is 0 Å². The second kappa shape index (κ2) is 4.56. The largest absolute Gasteiger partial charge is 0.462 e. The van der Waals surface area contributed by atoms with Gasteiger partial charge in [0.05, 0.1) is 12.2 Å². The quantitative estimate of drug-likeness (QED) is 0.777. The van der Waals surface area contributed by atoms with E-state index in [-0.39, 0.29) is 5.97 Å². The highest BCUT2D eigenvalue weighted by Crippen LogP contribution is 2.28. The summed E-state index contributed by atoms with van der Waals surface area (Å²) < 4.78 is 5.11. The zero-order valence-electron chi connectivity index (χ0n) is 9.80. The molecule has 0 atom stereocenters. The van der Waals surface area contributed by atoms with Crippen LogP contribution < -0.4 is 5.32 Å². The highest BCUT2D eigenvalue weighted by molar-refractivity contribution is 5.94. The lowest BCUT2D eigenvalue weighted by atomic mass is 9.94. The number of esters is 1. The minimum atomic E-state index is -0.194. The first-order chi connectivity index (χ1) is 7.74. The van der Waals surface area contributed by atoms with E-state index in [0.29, 0.717) is 6.61 Å². The number of fused-ring (bicyclic) bond motifs is 1. The van der Waals surface area contributed by atoms with E-state index in [0.717, 1.165) is 41.8 Å². The predicted molar refractivity (Wildman–Crippen MR) is 63.9 cm³/mol. The molecule has 1 aliphatic rings. The summed E-state index contributed by atoms with van der Waals surface area (Å²) in [7, 11) is 0. The molecule has 0 unspecified atom stereocenters.